The number of nitrogens with zero attached hydrogens (tertiary/aromatic N) is 2. The molecule has 28 heavy (non-hydrogen) atoms. The molecule has 1 aromatic rings. The van der Waals surface area contributed by atoms with Gasteiger partial charge in [0, 0.05) is 30.1 Å². The number of hydrogen-bond donors (Lipinski definition) is 2. The average molecular weight is 410 g/mol. The first kappa shape index (κ1) is 20.5. The van der Waals surface area contributed by atoms with E-state index in [-0.39, 0.29) is 5.69 Å². The van der Waals surface area contributed by atoms with Crippen LogP contribution in [0.3, 0.4) is 0 Å². The highest BCUT2D eigenvalue weighted by molar-refractivity contribution is 7.99. The van der Waals surface area contributed by atoms with Gasteiger partial charge in [-0.25, -0.2) is 0 Å². The van der Waals surface area contributed by atoms with Crippen molar-refractivity contribution in [2.45, 2.75) is 25.3 Å². The molecule has 3 rings (SSSR count). The van der Waals surface area contributed by atoms with Crippen LogP contribution < -0.4 is 10.6 Å². The van der Waals surface area contributed by atoms with Crippen LogP contribution in [0.4, 0.5) is 15.8 Å². The molecule has 2 heterocycles. The predicted molar refractivity (Wildman–Crippen MR) is 105 cm³/mol. The molecule has 2 saturated heterocycles. The number of piperidine rings is 1. The third-order valence-electron chi connectivity index (χ3n) is 5.23. The summed E-state index contributed by atoms with van der Waals surface area (Å²) in [6.45, 7) is 2.44. The fourth-order valence-electron chi connectivity index (χ4n) is 3.57. The Labute approximate surface area is 166 Å². The van der Waals surface area contributed by atoms with Crippen LogP contribution in [-0.4, -0.2) is 58.8 Å². The Bertz CT molecular complexity index is 749. The molecule has 1 aromatic carbocycles. The second-order valence-electron chi connectivity index (χ2n) is 7.08. The third kappa shape index (κ3) is 5.20. The summed E-state index contributed by atoms with van der Waals surface area (Å²) in [6, 6.07) is 3.61. The fraction of sp³-hybridized carbons (Fsp3) is 0.556. The van der Waals surface area contributed by atoms with Gasteiger partial charge in [-0.05, 0) is 56.2 Å². The normalized spacial score (nSPS) is 20.7. The monoisotopic (exact) mass is 410 g/mol. The van der Waals surface area contributed by atoms with Gasteiger partial charge >= 0.3 is 17.5 Å². The molecule has 8 nitrogen and oxygen atoms in total. The molecule has 0 saturated carbocycles. The van der Waals surface area contributed by atoms with E-state index < -0.39 is 28.2 Å². The van der Waals surface area contributed by atoms with E-state index in [1.807, 2.05) is 11.8 Å². The predicted octanol–water partition coefficient (Wildman–Crippen LogP) is 2.01. The van der Waals surface area contributed by atoms with Gasteiger partial charge in [-0.3, -0.25) is 24.6 Å². The summed E-state index contributed by atoms with van der Waals surface area (Å²) in [5.74, 6) is 0.0164. The number of amides is 2. The quantitative estimate of drug-likeness (QED) is 0.437. The lowest BCUT2D eigenvalue weighted by atomic mass is 9.95. The van der Waals surface area contributed by atoms with Gasteiger partial charge in [0.1, 0.15) is 0 Å². The Hall–Kier alpha value is -2.20. The Balaban J connectivity index is 1.43. The molecule has 2 aliphatic heterocycles. The lowest BCUT2D eigenvalue weighted by molar-refractivity contribution is -0.387. The van der Waals surface area contributed by atoms with Crippen molar-refractivity contribution in [1.82, 2.24) is 10.2 Å². The Morgan fingerprint density at radius 1 is 1.25 bits per heavy atom. The summed E-state index contributed by atoms with van der Waals surface area (Å²) in [6.07, 6.45) is 3.20. The van der Waals surface area contributed by atoms with Crippen LogP contribution in [0.2, 0.25) is 0 Å². The van der Waals surface area contributed by atoms with Crippen molar-refractivity contribution in [3.63, 3.8) is 0 Å². The first-order valence-electron chi connectivity index (χ1n) is 9.29. The van der Waals surface area contributed by atoms with Crippen molar-refractivity contribution in [1.29, 1.82) is 0 Å². The van der Waals surface area contributed by atoms with E-state index in [1.165, 1.54) is 24.0 Å². The number of anilines is 1. The van der Waals surface area contributed by atoms with Gasteiger partial charge in [-0.1, -0.05) is 0 Å². The molecule has 2 amide bonds. The zero-order valence-electron chi connectivity index (χ0n) is 15.4. The number of benzene rings is 1. The number of hydrogen-bond acceptors (Lipinski definition) is 6. The van der Waals surface area contributed by atoms with Gasteiger partial charge in [0.15, 0.2) is 0 Å². The molecular formula is C18H23FN4O4S. The first-order valence-corrected chi connectivity index (χ1v) is 10.4. The lowest BCUT2D eigenvalue weighted by Gasteiger charge is -2.35. The van der Waals surface area contributed by atoms with Crippen LogP contribution in [-0.2, 0) is 9.59 Å². The van der Waals surface area contributed by atoms with Crippen LogP contribution >= 0.6 is 11.8 Å². The number of thioether (sulfide) groups is 1. The van der Waals surface area contributed by atoms with E-state index in [4.69, 9.17) is 0 Å². The molecule has 1 atom stereocenters. The number of carbonyl (C=O) groups excluding carboxylic acids is 2. The van der Waals surface area contributed by atoms with Crippen LogP contribution in [0.1, 0.15) is 19.3 Å². The van der Waals surface area contributed by atoms with E-state index in [1.54, 1.807) is 0 Å². The summed E-state index contributed by atoms with van der Waals surface area (Å²) in [5, 5.41) is 15.6. The van der Waals surface area contributed by atoms with Crippen molar-refractivity contribution < 1.29 is 18.9 Å². The minimum Gasteiger partial charge on any atom is -0.348 e. The topological polar surface area (TPSA) is 105 Å². The summed E-state index contributed by atoms with van der Waals surface area (Å²) in [7, 11) is 0. The molecular weight excluding hydrogens is 387 g/mol. The molecule has 0 spiro atoms. The van der Waals surface area contributed by atoms with Gasteiger partial charge in [-0.2, -0.15) is 16.2 Å². The third-order valence-corrected chi connectivity index (χ3v) is 6.37. The number of nitrogens with one attached hydrogen (secondary N) is 2. The number of nitro benzene ring substituents is 1. The summed E-state index contributed by atoms with van der Waals surface area (Å²) < 4.78 is 13.3. The van der Waals surface area contributed by atoms with E-state index in [2.05, 4.69) is 15.5 Å². The average Bonchev–Trinajstić information content (AvgIpc) is 3.22. The summed E-state index contributed by atoms with van der Waals surface area (Å²) in [5.41, 5.74) is -0.762. The van der Waals surface area contributed by atoms with Crippen LogP contribution in [0.25, 0.3) is 0 Å². The second-order valence-corrected chi connectivity index (χ2v) is 8.23. The van der Waals surface area contributed by atoms with E-state index in [0.717, 1.165) is 38.1 Å². The minimum atomic E-state index is -1.00. The molecule has 10 heteroatoms. The van der Waals surface area contributed by atoms with Crippen molar-refractivity contribution in [3.05, 3.63) is 34.1 Å². The highest BCUT2D eigenvalue weighted by atomic mass is 32.2. The maximum atomic E-state index is 13.3. The highest BCUT2D eigenvalue weighted by Crippen LogP contribution is 2.26. The standard InChI is InChI=1S/C18H23FN4O4S/c19-15-2-1-13(9-16(15)23(26)27)21-18(25)17(24)20-10-12-3-6-22(7-4-12)14-5-8-28-11-14/h1-2,9,12,14H,3-8,10-11H2,(H,20,24)(H,21,25). The minimum absolute atomic E-state index is 0.00371. The SMILES string of the molecule is O=C(NCC1CCN(C2CCSC2)CC1)C(=O)Nc1ccc(F)c([N+](=O)[O-])c1. The van der Waals surface area contributed by atoms with Crippen molar-refractivity contribution in [3.8, 4) is 0 Å². The largest absolute Gasteiger partial charge is 0.348 e. The van der Waals surface area contributed by atoms with Crippen molar-refractivity contribution in [2.24, 2.45) is 5.92 Å². The molecule has 2 aliphatic rings. The molecule has 0 bridgehead atoms. The maximum absolute atomic E-state index is 13.3. The summed E-state index contributed by atoms with van der Waals surface area (Å²) >= 11 is 2.00. The zero-order valence-corrected chi connectivity index (χ0v) is 16.2. The lowest BCUT2D eigenvalue weighted by Crippen LogP contribution is -2.45. The number of nitro groups is 1. The molecule has 0 aliphatic carbocycles. The number of rotatable bonds is 5. The molecule has 1 unspecified atom stereocenters. The second kappa shape index (κ2) is 9.33. The number of halogens is 1. The van der Waals surface area contributed by atoms with E-state index >= 15 is 0 Å². The van der Waals surface area contributed by atoms with Crippen LogP contribution in [0.5, 0.6) is 0 Å². The van der Waals surface area contributed by atoms with Gasteiger partial charge in [-0.15, -0.1) is 0 Å². The smallest absolute Gasteiger partial charge is 0.313 e. The van der Waals surface area contributed by atoms with Gasteiger partial charge in [0.05, 0.1) is 4.92 Å². The first-order chi connectivity index (χ1) is 13.4. The van der Waals surface area contributed by atoms with E-state index in [0.29, 0.717) is 18.5 Å². The zero-order chi connectivity index (χ0) is 20.1. The number of likely N-dealkylation sites (tertiary alicyclic amines) is 1. The fourth-order valence-corrected chi connectivity index (χ4v) is 4.82. The molecule has 0 radical (unpaired) electrons. The molecule has 2 fully saturated rings. The molecule has 0 aromatic heterocycles. The maximum Gasteiger partial charge on any atom is 0.313 e. The van der Waals surface area contributed by atoms with Crippen molar-refractivity contribution in [2.75, 3.05) is 36.5 Å². The van der Waals surface area contributed by atoms with E-state index in [9.17, 15) is 24.1 Å². The highest BCUT2D eigenvalue weighted by Gasteiger charge is 2.28. The van der Waals surface area contributed by atoms with Gasteiger partial charge in [0.25, 0.3) is 0 Å². The Morgan fingerprint density at radius 2 is 2.00 bits per heavy atom. The Morgan fingerprint density at radius 3 is 2.64 bits per heavy atom. The Kier molecular flexibility index (Phi) is 6.84. The number of carbonyl (C=O) groups is 2. The van der Waals surface area contributed by atoms with Crippen LogP contribution in [0, 0.1) is 21.8 Å². The van der Waals surface area contributed by atoms with Gasteiger partial charge < -0.3 is 10.6 Å². The van der Waals surface area contributed by atoms with Crippen LogP contribution in [0.15, 0.2) is 18.2 Å². The van der Waals surface area contributed by atoms with Gasteiger partial charge in [0.2, 0.25) is 5.82 Å². The summed E-state index contributed by atoms with van der Waals surface area (Å²) in [4.78, 5) is 36.4. The molecule has 152 valence electrons. The van der Waals surface area contributed by atoms with Crippen molar-refractivity contribution >= 4 is 35.0 Å². The molecule has 2 N–H and O–H groups in total.